The predicted molar refractivity (Wildman–Crippen MR) is 243 cm³/mol. The van der Waals surface area contributed by atoms with Crippen molar-refractivity contribution >= 4 is 0 Å². The number of rotatable bonds is 6. The largest absolute Gasteiger partial charge is 0.364 e. The number of allylic oxidation sites excluding steroid dienone is 17. The number of nitrogens with zero attached hydrogens (tertiary/aromatic N) is 2. The van der Waals surface area contributed by atoms with Crippen LogP contribution in [0.15, 0.2) is 142 Å². The van der Waals surface area contributed by atoms with Gasteiger partial charge in [0.05, 0.1) is 6.04 Å². The van der Waals surface area contributed by atoms with Crippen molar-refractivity contribution in [2.45, 2.75) is 160 Å². The molecule has 2 nitrogen and oxygen atoms in total. The molecule has 0 N–H and O–H groups in total. The standard InChI is InChI=1S/C56H70N2/c1-56(2)51-28-13-11-25-46(51)47-32-31-43(37-52(47)56)57(42-23-15-19-39(35-42)38-17-5-3-6-18-38)55-34-33-44(45-24-9-10-26-48(45)55)40-20-16-30-54-50(36-40)49-27-12-14-29-53(49)58(54)41-21-7-4-8-22-41/h3,5-6,10-12,14,16-17,20,25-27,29,32-33,36,38-39,41-43,45,48-49,52-53,55H,4,7-9,13,15,18-19,21-24,28,30-31,34-35,37H2,1-2H3. The molecule has 11 rings (SSSR count). The highest BCUT2D eigenvalue weighted by Crippen LogP contribution is 2.58. The first-order valence-corrected chi connectivity index (χ1v) is 24.4. The molecule has 2 heteroatoms. The average molecular weight is 771 g/mol. The first-order chi connectivity index (χ1) is 28.5. The molecule has 0 aromatic heterocycles. The van der Waals surface area contributed by atoms with Gasteiger partial charge in [0.2, 0.25) is 0 Å². The van der Waals surface area contributed by atoms with Crippen molar-refractivity contribution in [2.24, 2.45) is 40.9 Å². The van der Waals surface area contributed by atoms with Crippen LogP contribution in [0.25, 0.3) is 0 Å². The van der Waals surface area contributed by atoms with Crippen LogP contribution in [0.4, 0.5) is 0 Å². The summed E-state index contributed by atoms with van der Waals surface area (Å²) in [5.41, 5.74) is 11.8. The van der Waals surface area contributed by atoms with Crippen LogP contribution in [0.3, 0.4) is 0 Å². The second-order valence-corrected chi connectivity index (χ2v) is 20.9. The van der Waals surface area contributed by atoms with Gasteiger partial charge in [-0.15, -0.1) is 0 Å². The SMILES string of the molecule is CC1(C)C2=C(C=CCC2)C2=CCC(N(C3CCCC(C4C=CC=CC4)C3)C3CC=C(C4=CC5=C(CC=C4)N(C4CCCCC4)C4C=CC=CC54)C4CCC=CC43)CC21. The summed E-state index contributed by atoms with van der Waals surface area (Å²) < 4.78 is 0. The summed E-state index contributed by atoms with van der Waals surface area (Å²) in [6.07, 6.45) is 66.5. The molecule has 1 aliphatic heterocycles. The lowest BCUT2D eigenvalue weighted by molar-refractivity contribution is -0.00362. The monoisotopic (exact) mass is 771 g/mol. The van der Waals surface area contributed by atoms with Gasteiger partial charge in [0.1, 0.15) is 0 Å². The molecule has 304 valence electrons. The van der Waals surface area contributed by atoms with E-state index < -0.39 is 0 Å². The molecule has 2 saturated carbocycles. The van der Waals surface area contributed by atoms with E-state index in [1.807, 2.05) is 0 Å². The zero-order valence-electron chi connectivity index (χ0n) is 35.8. The minimum atomic E-state index is 0.262. The summed E-state index contributed by atoms with van der Waals surface area (Å²) in [5.74, 6) is 3.84. The van der Waals surface area contributed by atoms with E-state index in [0.717, 1.165) is 18.3 Å². The second kappa shape index (κ2) is 15.6. The number of hydrogen-bond acceptors (Lipinski definition) is 2. The molecule has 0 aromatic carbocycles. The van der Waals surface area contributed by atoms with Crippen molar-refractivity contribution in [3.63, 3.8) is 0 Å². The highest BCUT2D eigenvalue weighted by molar-refractivity contribution is 5.57. The minimum Gasteiger partial charge on any atom is -0.364 e. The zero-order chi connectivity index (χ0) is 38.8. The summed E-state index contributed by atoms with van der Waals surface area (Å²) in [4.78, 5) is 6.17. The Labute approximate surface area is 351 Å². The fourth-order valence-corrected chi connectivity index (χ4v) is 15.0. The third kappa shape index (κ3) is 6.44. The Morgan fingerprint density at radius 2 is 1.59 bits per heavy atom. The molecule has 10 aliphatic carbocycles. The molecular formula is C56H70N2. The predicted octanol–water partition coefficient (Wildman–Crippen LogP) is 13.6. The van der Waals surface area contributed by atoms with Gasteiger partial charge in [0, 0.05) is 42.2 Å². The minimum absolute atomic E-state index is 0.262. The van der Waals surface area contributed by atoms with Crippen LogP contribution >= 0.6 is 0 Å². The molecule has 1 heterocycles. The van der Waals surface area contributed by atoms with E-state index in [4.69, 9.17) is 0 Å². The molecule has 10 atom stereocenters. The Hall–Kier alpha value is -3.36. The fraction of sp³-hybridized carbons (Fsp3) is 0.571. The van der Waals surface area contributed by atoms with Gasteiger partial charge in [-0.05, 0) is 152 Å². The number of fused-ring (bicyclic) bond motifs is 5. The van der Waals surface area contributed by atoms with E-state index in [1.165, 1.54) is 115 Å². The van der Waals surface area contributed by atoms with E-state index in [9.17, 15) is 0 Å². The maximum atomic E-state index is 3.26. The van der Waals surface area contributed by atoms with Crippen molar-refractivity contribution in [1.82, 2.24) is 9.80 Å². The lowest BCUT2D eigenvalue weighted by Crippen LogP contribution is -2.57. The summed E-state index contributed by atoms with van der Waals surface area (Å²) >= 11 is 0. The van der Waals surface area contributed by atoms with Gasteiger partial charge in [0.25, 0.3) is 0 Å². The summed E-state index contributed by atoms with van der Waals surface area (Å²) in [5, 5.41) is 0. The van der Waals surface area contributed by atoms with E-state index in [2.05, 4.69) is 127 Å². The maximum Gasteiger partial charge on any atom is 0.0580 e. The smallest absolute Gasteiger partial charge is 0.0580 e. The highest BCUT2D eigenvalue weighted by Gasteiger charge is 2.50. The van der Waals surface area contributed by atoms with Crippen LogP contribution in [-0.2, 0) is 0 Å². The molecule has 0 saturated heterocycles. The van der Waals surface area contributed by atoms with Gasteiger partial charge in [0.15, 0.2) is 0 Å². The third-order valence-corrected chi connectivity index (χ3v) is 17.7. The number of hydrogen-bond donors (Lipinski definition) is 0. The van der Waals surface area contributed by atoms with Crippen molar-refractivity contribution in [3.8, 4) is 0 Å². The Bertz CT molecular complexity index is 2010. The highest BCUT2D eigenvalue weighted by atomic mass is 15.2. The Morgan fingerprint density at radius 3 is 2.48 bits per heavy atom. The van der Waals surface area contributed by atoms with E-state index in [-0.39, 0.29) is 5.41 Å². The Balaban J connectivity index is 0.941. The molecule has 2 fully saturated rings. The van der Waals surface area contributed by atoms with Crippen molar-refractivity contribution in [1.29, 1.82) is 0 Å². The Morgan fingerprint density at radius 1 is 0.707 bits per heavy atom. The zero-order valence-corrected chi connectivity index (χ0v) is 35.8. The second-order valence-electron chi connectivity index (χ2n) is 20.9. The first-order valence-electron chi connectivity index (χ1n) is 24.4. The summed E-state index contributed by atoms with van der Waals surface area (Å²) in [6.45, 7) is 5.20. The van der Waals surface area contributed by atoms with Crippen molar-refractivity contribution in [3.05, 3.63) is 142 Å². The van der Waals surface area contributed by atoms with Gasteiger partial charge in [-0.2, -0.15) is 0 Å². The normalized spacial score (nSPS) is 38.9. The quantitative estimate of drug-likeness (QED) is 0.248. The first kappa shape index (κ1) is 37.6. The van der Waals surface area contributed by atoms with Crippen molar-refractivity contribution in [2.75, 3.05) is 0 Å². The van der Waals surface area contributed by atoms with E-state index >= 15 is 0 Å². The van der Waals surface area contributed by atoms with Gasteiger partial charge < -0.3 is 4.90 Å². The summed E-state index contributed by atoms with van der Waals surface area (Å²) in [7, 11) is 0. The van der Waals surface area contributed by atoms with Crippen LogP contribution in [0.5, 0.6) is 0 Å². The molecule has 11 aliphatic rings. The van der Waals surface area contributed by atoms with Gasteiger partial charge in [-0.3, -0.25) is 4.90 Å². The van der Waals surface area contributed by atoms with Crippen LogP contribution in [0.2, 0.25) is 0 Å². The van der Waals surface area contributed by atoms with Crippen LogP contribution in [0.1, 0.15) is 129 Å². The van der Waals surface area contributed by atoms with Gasteiger partial charge in [-0.25, -0.2) is 0 Å². The van der Waals surface area contributed by atoms with Crippen molar-refractivity contribution < 1.29 is 0 Å². The van der Waals surface area contributed by atoms with E-state index in [1.54, 1.807) is 33.6 Å². The van der Waals surface area contributed by atoms with Crippen LogP contribution in [0, 0.1) is 40.9 Å². The summed E-state index contributed by atoms with van der Waals surface area (Å²) in [6, 6.07) is 3.08. The molecular weight excluding hydrogens is 701 g/mol. The fourth-order valence-electron chi connectivity index (χ4n) is 15.0. The van der Waals surface area contributed by atoms with Crippen LogP contribution < -0.4 is 0 Å². The Kier molecular flexibility index (Phi) is 10.1. The molecule has 0 bridgehead atoms. The molecule has 10 unspecified atom stereocenters. The maximum absolute atomic E-state index is 3.26. The van der Waals surface area contributed by atoms with Gasteiger partial charge >= 0.3 is 0 Å². The van der Waals surface area contributed by atoms with E-state index in [0.29, 0.717) is 53.9 Å². The van der Waals surface area contributed by atoms with Gasteiger partial charge in [-0.1, -0.05) is 142 Å². The molecule has 0 aromatic rings. The third-order valence-electron chi connectivity index (χ3n) is 17.7. The molecule has 0 amide bonds. The molecule has 0 spiro atoms. The lowest BCUT2D eigenvalue weighted by Gasteiger charge is -2.53. The lowest BCUT2D eigenvalue weighted by atomic mass is 9.66. The topological polar surface area (TPSA) is 6.48 Å². The average Bonchev–Trinajstić information content (AvgIpc) is 3.59. The molecule has 58 heavy (non-hydrogen) atoms. The molecule has 0 radical (unpaired) electrons. The van der Waals surface area contributed by atoms with Crippen LogP contribution in [-0.4, -0.2) is 40.0 Å².